The van der Waals surface area contributed by atoms with Crippen molar-refractivity contribution in [2.45, 2.75) is 25.9 Å². The topological polar surface area (TPSA) is 102 Å². The summed E-state index contributed by atoms with van der Waals surface area (Å²) in [6, 6.07) is -1.97. The van der Waals surface area contributed by atoms with E-state index in [0.29, 0.717) is 13.1 Å². The lowest BCUT2D eigenvalue weighted by Gasteiger charge is -2.33. The van der Waals surface area contributed by atoms with Crippen molar-refractivity contribution in [3.05, 3.63) is 0 Å². The molecule has 1 aliphatic heterocycles. The van der Waals surface area contributed by atoms with Crippen molar-refractivity contribution in [3.8, 4) is 0 Å². The number of esters is 1. The standard InChI is InChI=1S/C10H17N3O4/c1-3-17-10(16)7(11)9(15)13-5-4-12-8(14)6(13)2/h6-7H,3-5,11H2,1-2H3,(H,12,14). The normalized spacial score (nSPS) is 21.7. The molecule has 1 rings (SSSR count). The van der Waals surface area contributed by atoms with E-state index in [2.05, 4.69) is 10.1 Å². The Morgan fingerprint density at radius 1 is 1.65 bits per heavy atom. The van der Waals surface area contributed by atoms with Gasteiger partial charge in [0.25, 0.3) is 5.91 Å². The molecular weight excluding hydrogens is 226 g/mol. The van der Waals surface area contributed by atoms with E-state index in [0.717, 1.165) is 0 Å². The van der Waals surface area contributed by atoms with Crippen molar-refractivity contribution < 1.29 is 19.1 Å². The molecule has 2 unspecified atom stereocenters. The van der Waals surface area contributed by atoms with Crippen LogP contribution in [0, 0.1) is 0 Å². The summed E-state index contributed by atoms with van der Waals surface area (Å²) in [6.45, 7) is 4.09. The lowest BCUT2D eigenvalue weighted by Crippen LogP contribution is -2.60. The first-order chi connectivity index (χ1) is 7.99. The SMILES string of the molecule is CCOC(=O)C(N)C(=O)N1CCNC(=O)C1C. The van der Waals surface area contributed by atoms with Gasteiger partial charge in [-0.1, -0.05) is 0 Å². The number of amides is 2. The summed E-state index contributed by atoms with van der Waals surface area (Å²) in [7, 11) is 0. The minimum Gasteiger partial charge on any atom is -0.464 e. The highest BCUT2D eigenvalue weighted by Crippen LogP contribution is 2.06. The first kappa shape index (κ1) is 13.4. The van der Waals surface area contributed by atoms with Crippen LogP contribution in [-0.4, -0.2) is 54.5 Å². The first-order valence-corrected chi connectivity index (χ1v) is 5.49. The third-order valence-electron chi connectivity index (χ3n) is 2.59. The number of hydrogen-bond donors (Lipinski definition) is 2. The lowest BCUT2D eigenvalue weighted by atomic mass is 10.1. The average molecular weight is 243 g/mol. The molecule has 1 fully saturated rings. The highest BCUT2D eigenvalue weighted by Gasteiger charge is 2.35. The van der Waals surface area contributed by atoms with Crippen LogP contribution >= 0.6 is 0 Å². The van der Waals surface area contributed by atoms with E-state index in [1.807, 2.05) is 0 Å². The molecule has 0 aromatic heterocycles. The van der Waals surface area contributed by atoms with Crippen LogP contribution in [0.2, 0.25) is 0 Å². The zero-order valence-corrected chi connectivity index (χ0v) is 9.93. The van der Waals surface area contributed by atoms with Gasteiger partial charge in [-0.2, -0.15) is 0 Å². The molecule has 0 saturated carbocycles. The van der Waals surface area contributed by atoms with Crippen LogP contribution in [0.1, 0.15) is 13.8 Å². The van der Waals surface area contributed by atoms with Crippen LogP contribution in [0.15, 0.2) is 0 Å². The van der Waals surface area contributed by atoms with Gasteiger partial charge >= 0.3 is 5.97 Å². The summed E-state index contributed by atoms with van der Waals surface area (Å²) < 4.78 is 4.67. The summed E-state index contributed by atoms with van der Waals surface area (Å²) in [6.07, 6.45) is 0. The lowest BCUT2D eigenvalue weighted by molar-refractivity contribution is -0.154. The molecular formula is C10H17N3O4. The maximum atomic E-state index is 11.9. The Hall–Kier alpha value is -1.63. The van der Waals surface area contributed by atoms with Crippen molar-refractivity contribution in [1.82, 2.24) is 10.2 Å². The molecule has 0 aromatic carbocycles. The molecule has 0 aliphatic carbocycles. The Morgan fingerprint density at radius 3 is 2.88 bits per heavy atom. The van der Waals surface area contributed by atoms with Gasteiger partial charge < -0.3 is 20.7 Å². The summed E-state index contributed by atoms with van der Waals surface area (Å²) in [5.41, 5.74) is 5.49. The van der Waals surface area contributed by atoms with Crippen LogP contribution in [0.25, 0.3) is 0 Å². The fraction of sp³-hybridized carbons (Fsp3) is 0.700. The third kappa shape index (κ3) is 2.94. The molecule has 0 spiro atoms. The number of nitrogens with two attached hydrogens (primary N) is 1. The molecule has 2 atom stereocenters. The fourth-order valence-corrected chi connectivity index (χ4v) is 1.60. The third-order valence-corrected chi connectivity index (χ3v) is 2.59. The van der Waals surface area contributed by atoms with Gasteiger partial charge in [-0.15, -0.1) is 0 Å². The van der Waals surface area contributed by atoms with Crippen molar-refractivity contribution in [2.75, 3.05) is 19.7 Å². The maximum Gasteiger partial charge on any atom is 0.332 e. The van der Waals surface area contributed by atoms with Crippen LogP contribution in [0.5, 0.6) is 0 Å². The Morgan fingerprint density at radius 2 is 2.29 bits per heavy atom. The average Bonchev–Trinajstić information content (AvgIpc) is 2.31. The Kier molecular flexibility index (Phi) is 4.45. The van der Waals surface area contributed by atoms with Gasteiger partial charge in [-0.25, -0.2) is 4.79 Å². The minimum atomic E-state index is -1.36. The first-order valence-electron chi connectivity index (χ1n) is 5.49. The van der Waals surface area contributed by atoms with Crippen LogP contribution in [0.4, 0.5) is 0 Å². The minimum absolute atomic E-state index is 0.163. The van der Waals surface area contributed by atoms with E-state index in [1.165, 1.54) is 4.90 Å². The number of hydrogen-bond acceptors (Lipinski definition) is 5. The quantitative estimate of drug-likeness (QED) is 0.451. The number of rotatable bonds is 3. The summed E-state index contributed by atoms with van der Waals surface area (Å²) in [4.78, 5) is 35.9. The molecule has 1 heterocycles. The zero-order valence-electron chi connectivity index (χ0n) is 9.93. The fourth-order valence-electron chi connectivity index (χ4n) is 1.60. The molecule has 0 bridgehead atoms. The van der Waals surface area contributed by atoms with Crippen molar-refractivity contribution in [1.29, 1.82) is 0 Å². The van der Waals surface area contributed by atoms with Gasteiger partial charge in [0, 0.05) is 13.1 Å². The van der Waals surface area contributed by atoms with Gasteiger partial charge in [-0.3, -0.25) is 9.59 Å². The van der Waals surface area contributed by atoms with Gasteiger partial charge in [0.1, 0.15) is 6.04 Å². The molecule has 1 aliphatic rings. The Balaban J connectivity index is 2.68. The summed E-state index contributed by atoms with van der Waals surface area (Å²) in [5, 5.41) is 2.62. The summed E-state index contributed by atoms with van der Waals surface area (Å²) >= 11 is 0. The molecule has 1 saturated heterocycles. The van der Waals surface area contributed by atoms with Crippen molar-refractivity contribution in [3.63, 3.8) is 0 Å². The monoisotopic (exact) mass is 243 g/mol. The smallest absolute Gasteiger partial charge is 0.332 e. The molecule has 0 radical (unpaired) electrons. The zero-order chi connectivity index (χ0) is 13.0. The predicted molar refractivity (Wildman–Crippen MR) is 58.8 cm³/mol. The second-order valence-corrected chi connectivity index (χ2v) is 3.73. The van der Waals surface area contributed by atoms with Gasteiger partial charge in [0.15, 0.2) is 6.04 Å². The van der Waals surface area contributed by atoms with Crippen molar-refractivity contribution >= 4 is 17.8 Å². The van der Waals surface area contributed by atoms with Gasteiger partial charge in [-0.05, 0) is 13.8 Å². The number of ether oxygens (including phenoxy) is 1. The number of carbonyl (C=O) groups is 3. The largest absolute Gasteiger partial charge is 0.464 e. The second kappa shape index (κ2) is 5.62. The van der Waals surface area contributed by atoms with Gasteiger partial charge in [0.2, 0.25) is 5.91 Å². The highest BCUT2D eigenvalue weighted by molar-refractivity contribution is 6.03. The number of carbonyl (C=O) groups excluding carboxylic acids is 3. The molecule has 96 valence electrons. The van der Waals surface area contributed by atoms with Crippen LogP contribution in [0.3, 0.4) is 0 Å². The van der Waals surface area contributed by atoms with E-state index < -0.39 is 24.0 Å². The van der Waals surface area contributed by atoms with Crippen LogP contribution < -0.4 is 11.1 Å². The van der Waals surface area contributed by atoms with E-state index in [-0.39, 0.29) is 12.5 Å². The van der Waals surface area contributed by atoms with Gasteiger partial charge in [0.05, 0.1) is 6.61 Å². The molecule has 3 N–H and O–H groups in total. The molecule has 0 aromatic rings. The Bertz CT molecular complexity index is 332. The van der Waals surface area contributed by atoms with E-state index in [1.54, 1.807) is 13.8 Å². The maximum absolute atomic E-state index is 11.9. The highest BCUT2D eigenvalue weighted by atomic mass is 16.5. The number of nitrogens with one attached hydrogen (secondary N) is 1. The summed E-state index contributed by atoms with van der Waals surface area (Å²) in [5.74, 6) is -1.60. The Labute approximate surface area is 99.3 Å². The number of nitrogens with zero attached hydrogens (tertiary/aromatic N) is 1. The van der Waals surface area contributed by atoms with Crippen LogP contribution in [-0.2, 0) is 19.1 Å². The van der Waals surface area contributed by atoms with E-state index in [9.17, 15) is 14.4 Å². The molecule has 17 heavy (non-hydrogen) atoms. The molecule has 2 amide bonds. The van der Waals surface area contributed by atoms with Crippen molar-refractivity contribution in [2.24, 2.45) is 5.73 Å². The van der Waals surface area contributed by atoms with E-state index in [4.69, 9.17) is 5.73 Å². The molecule has 7 heteroatoms. The van der Waals surface area contributed by atoms with E-state index >= 15 is 0 Å². The predicted octanol–water partition coefficient (Wildman–Crippen LogP) is -1.78. The molecule has 7 nitrogen and oxygen atoms in total. The number of piperazine rings is 1. The second-order valence-electron chi connectivity index (χ2n) is 3.73.